The summed E-state index contributed by atoms with van der Waals surface area (Å²) < 4.78 is 15.2. The summed E-state index contributed by atoms with van der Waals surface area (Å²) in [6, 6.07) is 5.22. The Balaban J connectivity index is 2.02. The topological polar surface area (TPSA) is 60.1 Å². The maximum atomic E-state index is 12.8. The molecule has 1 aliphatic heterocycles. The van der Waals surface area contributed by atoms with E-state index in [2.05, 4.69) is 4.98 Å². The summed E-state index contributed by atoms with van der Waals surface area (Å²) in [5.74, 6) is 0.0207. The van der Waals surface area contributed by atoms with E-state index < -0.39 is 5.69 Å². The molecule has 1 aliphatic rings. The molecule has 7 heteroatoms. The molecule has 0 spiro atoms. The quantitative estimate of drug-likeness (QED) is 0.746. The van der Waals surface area contributed by atoms with Crippen molar-refractivity contribution in [2.45, 2.75) is 6.54 Å². The summed E-state index contributed by atoms with van der Waals surface area (Å²) in [5, 5.41) is 0. The van der Waals surface area contributed by atoms with Crippen LogP contribution in [0.5, 0.6) is 0 Å². The van der Waals surface area contributed by atoms with Crippen molar-refractivity contribution in [3.05, 3.63) is 46.4 Å². The molecule has 0 aliphatic carbocycles. The Labute approximate surface area is 101 Å². The molecule has 1 aromatic carbocycles. The van der Waals surface area contributed by atoms with E-state index in [0.29, 0.717) is 11.5 Å². The van der Waals surface area contributed by atoms with Gasteiger partial charge >= 0.3 is 11.7 Å². The lowest BCUT2D eigenvalue weighted by Crippen LogP contribution is -2.32. The molecule has 0 radical (unpaired) electrons. The zero-order valence-electron chi connectivity index (χ0n) is 9.50. The number of anilines is 1. The van der Waals surface area contributed by atoms with Crippen LogP contribution in [-0.2, 0) is 13.6 Å². The SMILES string of the molecule is Cn1c(=O)nc2n1C(=O)N(c1ccc(F)cc1)C2. The lowest BCUT2D eigenvalue weighted by Gasteiger charge is -2.14. The molecule has 2 heterocycles. The number of hydrogen-bond acceptors (Lipinski definition) is 3. The molecule has 1 amide bonds. The van der Waals surface area contributed by atoms with Gasteiger partial charge < -0.3 is 0 Å². The van der Waals surface area contributed by atoms with Crippen molar-refractivity contribution >= 4 is 11.7 Å². The molecule has 0 bridgehead atoms. The first-order valence-corrected chi connectivity index (χ1v) is 5.30. The molecule has 2 aromatic rings. The summed E-state index contributed by atoms with van der Waals surface area (Å²) >= 11 is 0. The number of nitrogens with zero attached hydrogens (tertiary/aromatic N) is 4. The highest BCUT2D eigenvalue weighted by Gasteiger charge is 2.32. The molecular formula is C11H9FN4O2. The summed E-state index contributed by atoms with van der Waals surface area (Å²) in [6.07, 6.45) is 0. The minimum Gasteiger partial charge on any atom is -0.285 e. The Morgan fingerprint density at radius 3 is 2.50 bits per heavy atom. The van der Waals surface area contributed by atoms with Gasteiger partial charge in [-0.15, -0.1) is 0 Å². The molecule has 0 saturated carbocycles. The lowest BCUT2D eigenvalue weighted by atomic mass is 10.3. The van der Waals surface area contributed by atoms with Crippen LogP contribution in [-0.4, -0.2) is 20.4 Å². The molecule has 6 nitrogen and oxygen atoms in total. The second-order valence-corrected chi connectivity index (χ2v) is 3.99. The van der Waals surface area contributed by atoms with E-state index in [1.165, 1.54) is 40.9 Å². The highest BCUT2D eigenvalue weighted by molar-refractivity contribution is 5.95. The van der Waals surface area contributed by atoms with E-state index >= 15 is 0 Å². The van der Waals surface area contributed by atoms with E-state index in [1.54, 1.807) is 0 Å². The van der Waals surface area contributed by atoms with Crippen LogP contribution in [0.15, 0.2) is 29.1 Å². The third-order valence-corrected chi connectivity index (χ3v) is 2.90. The number of rotatable bonds is 1. The number of fused-ring (bicyclic) bond motifs is 1. The summed E-state index contributed by atoms with van der Waals surface area (Å²) in [6.45, 7) is 0.209. The molecule has 0 N–H and O–H groups in total. The highest BCUT2D eigenvalue weighted by atomic mass is 19.1. The monoisotopic (exact) mass is 248 g/mol. The van der Waals surface area contributed by atoms with E-state index in [1.807, 2.05) is 0 Å². The van der Waals surface area contributed by atoms with Crippen LogP contribution in [0.4, 0.5) is 14.9 Å². The van der Waals surface area contributed by atoms with Gasteiger partial charge in [0.1, 0.15) is 5.82 Å². The van der Waals surface area contributed by atoms with Crippen molar-refractivity contribution in [3.8, 4) is 0 Å². The van der Waals surface area contributed by atoms with Crippen LogP contribution >= 0.6 is 0 Å². The predicted molar refractivity (Wildman–Crippen MR) is 60.8 cm³/mol. The van der Waals surface area contributed by atoms with Crippen LogP contribution in [0.1, 0.15) is 5.82 Å². The first-order valence-electron chi connectivity index (χ1n) is 5.30. The predicted octanol–water partition coefficient (Wildman–Crippen LogP) is 0.709. The fourth-order valence-electron chi connectivity index (χ4n) is 1.98. The standard InChI is InChI=1S/C11H9FN4O2/c1-14-10(17)13-9-6-15(11(18)16(9)14)8-4-2-7(12)3-5-8/h2-5H,6H2,1H3. The number of hydrogen-bond donors (Lipinski definition) is 0. The smallest absolute Gasteiger partial charge is 0.285 e. The van der Waals surface area contributed by atoms with Gasteiger partial charge in [-0.25, -0.2) is 18.7 Å². The third kappa shape index (κ3) is 1.37. The Morgan fingerprint density at radius 1 is 1.22 bits per heavy atom. The maximum absolute atomic E-state index is 12.8. The number of carbonyl (C=O) groups excluding carboxylic acids is 1. The zero-order valence-corrected chi connectivity index (χ0v) is 9.50. The summed E-state index contributed by atoms with van der Waals surface area (Å²) in [4.78, 5) is 28.6. The maximum Gasteiger partial charge on any atom is 0.364 e. The normalized spacial score (nSPS) is 14.1. The fourth-order valence-corrected chi connectivity index (χ4v) is 1.98. The van der Waals surface area contributed by atoms with Crippen LogP contribution in [0.25, 0.3) is 0 Å². The first kappa shape index (κ1) is 10.7. The number of benzene rings is 1. The number of amides is 1. The molecule has 1 aromatic heterocycles. The minimum atomic E-state index is -0.461. The van der Waals surface area contributed by atoms with Gasteiger partial charge in [0.05, 0.1) is 6.54 Å². The summed E-state index contributed by atoms with van der Waals surface area (Å²) in [5.41, 5.74) is 0.108. The Kier molecular flexibility index (Phi) is 2.09. The number of halogens is 1. The third-order valence-electron chi connectivity index (χ3n) is 2.90. The van der Waals surface area contributed by atoms with Gasteiger partial charge in [-0.1, -0.05) is 0 Å². The molecule has 0 unspecified atom stereocenters. The van der Waals surface area contributed by atoms with Crippen LogP contribution < -0.4 is 10.6 Å². The van der Waals surface area contributed by atoms with Crippen molar-refractivity contribution in [3.63, 3.8) is 0 Å². The number of carbonyl (C=O) groups is 1. The van der Waals surface area contributed by atoms with Gasteiger partial charge in [-0.3, -0.25) is 4.90 Å². The first-order chi connectivity index (χ1) is 8.58. The van der Waals surface area contributed by atoms with E-state index in [4.69, 9.17) is 0 Å². The molecule has 0 fully saturated rings. The second kappa shape index (κ2) is 3.52. The van der Waals surface area contributed by atoms with Gasteiger partial charge in [0.2, 0.25) is 0 Å². The second-order valence-electron chi connectivity index (χ2n) is 3.99. The molecule has 0 saturated heterocycles. The average Bonchev–Trinajstić information content (AvgIpc) is 2.80. The fraction of sp³-hybridized carbons (Fsp3) is 0.182. The Bertz CT molecular complexity index is 686. The van der Waals surface area contributed by atoms with Gasteiger partial charge in [-0.05, 0) is 24.3 Å². The molecule has 3 rings (SSSR count). The molecule has 18 heavy (non-hydrogen) atoms. The molecular weight excluding hydrogens is 239 g/mol. The van der Waals surface area contributed by atoms with Crippen LogP contribution in [0.2, 0.25) is 0 Å². The lowest BCUT2D eigenvalue weighted by molar-refractivity contribution is 0.245. The summed E-state index contributed by atoms with van der Waals surface area (Å²) in [7, 11) is 1.48. The Hall–Kier alpha value is -2.44. The van der Waals surface area contributed by atoms with E-state index in [-0.39, 0.29) is 18.4 Å². The van der Waals surface area contributed by atoms with Crippen molar-refractivity contribution in [2.75, 3.05) is 4.90 Å². The number of aromatic nitrogens is 3. The van der Waals surface area contributed by atoms with E-state index in [9.17, 15) is 14.0 Å². The largest absolute Gasteiger partial charge is 0.364 e. The van der Waals surface area contributed by atoms with Gasteiger partial charge in [0.25, 0.3) is 0 Å². The van der Waals surface area contributed by atoms with Crippen molar-refractivity contribution in [2.24, 2.45) is 7.05 Å². The van der Waals surface area contributed by atoms with Gasteiger partial charge in [0, 0.05) is 12.7 Å². The van der Waals surface area contributed by atoms with Crippen LogP contribution in [0, 0.1) is 5.82 Å². The minimum absolute atomic E-state index is 0.209. The van der Waals surface area contributed by atoms with Crippen molar-refractivity contribution in [1.82, 2.24) is 14.3 Å². The molecule has 92 valence electrons. The van der Waals surface area contributed by atoms with Gasteiger partial charge in [0.15, 0.2) is 5.82 Å². The molecule has 0 atom stereocenters. The Morgan fingerprint density at radius 2 is 1.89 bits per heavy atom. The van der Waals surface area contributed by atoms with Crippen LogP contribution in [0.3, 0.4) is 0 Å². The van der Waals surface area contributed by atoms with Crippen molar-refractivity contribution in [1.29, 1.82) is 0 Å². The van der Waals surface area contributed by atoms with Crippen molar-refractivity contribution < 1.29 is 9.18 Å². The zero-order chi connectivity index (χ0) is 12.9. The van der Waals surface area contributed by atoms with Gasteiger partial charge in [-0.2, -0.15) is 9.67 Å². The average molecular weight is 248 g/mol. The van der Waals surface area contributed by atoms with E-state index in [0.717, 1.165) is 4.68 Å². The highest BCUT2D eigenvalue weighted by Crippen LogP contribution is 2.22.